The lowest BCUT2D eigenvalue weighted by Crippen LogP contribution is -2.27. The monoisotopic (exact) mass is 302 g/mol. The molecule has 0 aromatic carbocycles. The van der Waals surface area contributed by atoms with E-state index in [-0.39, 0.29) is 5.91 Å². The highest BCUT2D eigenvalue weighted by Gasteiger charge is 2.29. The van der Waals surface area contributed by atoms with Gasteiger partial charge in [0, 0.05) is 31.8 Å². The van der Waals surface area contributed by atoms with Crippen molar-refractivity contribution in [2.75, 3.05) is 6.54 Å². The van der Waals surface area contributed by atoms with Crippen molar-refractivity contribution >= 4 is 5.91 Å². The summed E-state index contributed by atoms with van der Waals surface area (Å²) in [5.74, 6) is 2.45. The molecule has 0 unspecified atom stereocenters. The first-order valence-corrected chi connectivity index (χ1v) is 7.77. The number of H-pyrrole nitrogens is 1. The molecular formula is C15H22N6O. The molecule has 1 saturated carbocycles. The van der Waals surface area contributed by atoms with Crippen LogP contribution in [0.2, 0.25) is 0 Å². The molecule has 118 valence electrons. The molecule has 0 saturated heterocycles. The van der Waals surface area contributed by atoms with E-state index in [9.17, 15) is 4.79 Å². The molecule has 1 aliphatic carbocycles. The number of amides is 1. The van der Waals surface area contributed by atoms with Crippen LogP contribution in [0.1, 0.15) is 66.2 Å². The van der Waals surface area contributed by atoms with Crippen molar-refractivity contribution in [3.05, 3.63) is 29.1 Å². The number of carbonyl (C=O) groups is 1. The molecule has 1 aliphatic rings. The Labute approximate surface area is 129 Å². The molecule has 22 heavy (non-hydrogen) atoms. The Bertz CT molecular complexity index is 667. The highest BCUT2D eigenvalue weighted by atomic mass is 16.1. The fourth-order valence-electron chi connectivity index (χ4n) is 2.44. The maximum absolute atomic E-state index is 12.2. The number of nitrogens with one attached hydrogen (secondary N) is 2. The van der Waals surface area contributed by atoms with Crippen molar-refractivity contribution in [3.8, 4) is 0 Å². The van der Waals surface area contributed by atoms with Crippen LogP contribution in [-0.2, 0) is 13.5 Å². The number of hydrogen-bond acceptors (Lipinski definition) is 4. The molecule has 1 fully saturated rings. The molecule has 0 spiro atoms. The molecule has 2 aromatic heterocycles. The van der Waals surface area contributed by atoms with Crippen LogP contribution in [0.3, 0.4) is 0 Å². The Morgan fingerprint density at radius 2 is 2.27 bits per heavy atom. The fraction of sp³-hybridized carbons (Fsp3) is 0.600. The predicted molar refractivity (Wildman–Crippen MR) is 81.7 cm³/mol. The van der Waals surface area contributed by atoms with Crippen LogP contribution in [0, 0.1) is 0 Å². The summed E-state index contributed by atoms with van der Waals surface area (Å²) >= 11 is 0. The second-order valence-corrected chi connectivity index (χ2v) is 6.14. The quantitative estimate of drug-likeness (QED) is 0.846. The number of aromatic nitrogens is 5. The van der Waals surface area contributed by atoms with Gasteiger partial charge in [-0.1, -0.05) is 13.8 Å². The lowest BCUT2D eigenvalue weighted by atomic mass is 10.1. The number of carbonyl (C=O) groups excluding carboxylic acids is 1. The summed E-state index contributed by atoms with van der Waals surface area (Å²) in [5.41, 5.74) is 1.64. The van der Waals surface area contributed by atoms with Gasteiger partial charge in [0.1, 0.15) is 5.82 Å². The Morgan fingerprint density at radius 1 is 1.50 bits per heavy atom. The fourth-order valence-corrected chi connectivity index (χ4v) is 2.44. The highest BCUT2D eigenvalue weighted by molar-refractivity contribution is 5.95. The molecule has 2 aromatic rings. The lowest BCUT2D eigenvalue weighted by Gasteiger charge is -2.05. The van der Waals surface area contributed by atoms with E-state index >= 15 is 0 Å². The van der Waals surface area contributed by atoms with E-state index in [0.717, 1.165) is 30.2 Å². The Balaban J connectivity index is 1.56. The van der Waals surface area contributed by atoms with Crippen LogP contribution in [0.5, 0.6) is 0 Å². The van der Waals surface area contributed by atoms with Crippen molar-refractivity contribution in [3.63, 3.8) is 0 Å². The third-order valence-electron chi connectivity index (χ3n) is 3.92. The predicted octanol–water partition coefficient (Wildman–Crippen LogP) is 1.51. The van der Waals surface area contributed by atoms with Gasteiger partial charge in [-0.15, -0.1) is 0 Å². The summed E-state index contributed by atoms with van der Waals surface area (Å²) in [4.78, 5) is 16.7. The summed E-state index contributed by atoms with van der Waals surface area (Å²) in [5, 5.41) is 14.3. The molecule has 0 bridgehead atoms. The topological polar surface area (TPSA) is 88.5 Å². The molecule has 3 rings (SSSR count). The number of hydrogen-bond donors (Lipinski definition) is 2. The van der Waals surface area contributed by atoms with Crippen molar-refractivity contribution in [2.24, 2.45) is 7.05 Å². The van der Waals surface area contributed by atoms with Crippen LogP contribution in [0.4, 0.5) is 0 Å². The first kappa shape index (κ1) is 14.7. The smallest absolute Gasteiger partial charge is 0.254 e. The molecule has 0 atom stereocenters. The van der Waals surface area contributed by atoms with Crippen LogP contribution in [0.25, 0.3) is 0 Å². The third kappa shape index (κ3) is 3.03. The van der Waals surface area contributed by atoms with E-state index in [0.29, 0.717) is 30.4 Å². The minimum atomic E-state index is -0.0677. The van der Waals surface area contributed by atoms with Gasteiger partial charge in [0.15, 0.2) is 5.82 Å². The number of aryl methyl sites for hydroxylation is 1. The summed E-state index contributed by atoms with van der Waals surface area (Å²) in [7, 11) is 1.89. The zero-order valence-electron chi connectivity index (χ0n) is 13.3. The van der Waals surface area contributed by atoms with Gasteiger partial charge in [-0.3, -0.25) is 14.6 Å². The molecule has 2 N–H and O–H groups in total. The van der Waals surface area contributed by atoms with E-state index in [2.05, 4.69) is 39.4 Å². The SMILES string of the molecule is CC(C)c1nc(CCNC(=O)c2cn[nH]c2C2CC2)n(C)n1. The summed E-state index contributed by atoms with van der Waals surface area (Å²) in [6.07, 6.45) is 4.56. The van der Waals surface area contributed by atoms with E-state index < -0.39 is 0 Å². The summed E-state index contributed by atoms with van der Waals surface area (Å²) in [6.45, 7) is 4.68. The normalized spacial score (nSPS) is 14.5. The molecular weight excluding hydrogens is 280 g/mol. The lowest BCUT2D eigenvalue weighted by molar-refractivity contribution is 0.0953. The van der Waals surface area contributed by atoms with Crippen LogP contribution in [0.15, 0.2) is 6.20 Å². The molecule has 0 radical (unpaired) electrons. The Kier molecular flexibility index (Phi) is 3.96. The molecule has 7 nitrogen and oxygen atoms in total. The second-order valence-electron chi connectivity index (χ2n) is 6.14. The molecule has 7 heteroatoms. The molecule has 0 aliphatic heterocycles. The Hall–Kier alpha value is -2.18. The van der Waals surface area contributed by atoms with Gasteiger partial charge in [-0.25, -0.2) is 4.98 Å². The van der Waals surface area contributed by atoms with Gasteiger partial charge in [0.2, 0.25) is 0 Å². The van der Waals surface area contributed by atoms with Gasteiger partial charge >= 0.3 is 0 Å². The number of nitrogens with zero attached hydrogens (tertiary/aromatic N) is 4. The maximum atomic E-state index is 12.2. The number of aromatic amines is 1. The van der Waals surface area contributed by atoms with Crippen LogP contribution >= 0.6 is 0 Å². The minimum Gasteiger partial charge on any atom is -0.351 e. The first-order valence-electron chi connectivity index (χ1n) is 7.77. The first-order chi connectivity index (χ1) is 10.6. The van der Waals surface area contributed by atoms with Gasteiger partial charge in [0.25, 0.3) is 5.91 Å². The second kappa shape index (κ2) is 5.90. The maximum Gasteiger partial charge on any atom is 0.254 e. The minimum absolute atomic E-state index is 0.0677. The average molecular weight is 302 g/mol. The Morgan fingerprint density at radius 3 is 2.91 bits per heavy atom. The van der Waals surface area contributed by atoms with Crippen molar-refractivity contribution in [1.82, 2.24) is 30.3 Å². The zero-order chi connectivity index (χ0) is 15.7. The van der Waals surface area contributed by atoms with Gasteiger partial charge in [-0.2, -0.15) is 10.2 Å². The van der Waals surface area contributed by atoms with Crippen LogP contribution < -0.4 is 5.32 Å². The summed E-state index contributed by atoms with van der Waals surface area (Å²) < 4.78 is 1.79. The third-order valence-corrected chi connectivity index (χ3v) is 3.92. The van der Waals surface area contributed by atoms with E-state index in [1.165, 1.54) is 0 Å². The van der Waals surface area contributed by atoms with Gasteiger partial charge in [-0.05, 0) is 12.8 Å². The molecule has 1 amide bonds. The summed E-state index contributed by atoms with van der Waals surface area (Å²) in [6, 6.07) is 0. The average Bonchev–Trinajstić information content (AvgIpc) is 3.08. The molecule has 2 heterocycles. The largest absolute Gasteiger partial charge is 0.351 e. The van der Waals surface area contributed by atoms with Crippen LogP contribution in [-0.4, -0.2) is 37.4 Å². The van der Waals surface area contributed by atoms with E-state index in [1.807, 2.05) is 7.05 Å². The van der Waals surface area contributed by atoms with Crippen molar-refractivity contribution in [2.45, 2.75) is 44.9 Å². The van der Waals surface area contributed by atoms with E-state index in [4.69, 9.17) is 0 Å². The van der Waals surface area contributed by atoms with Crippen molar-refractivity contribution in [1.29, 1.82) is 0 Å². The highest BCUT2D eigenvalue weighted by Crippen LogP contribution is 2.40. The van der Waals surface area contributed by atoms with Gasteiger partial charge < -0.3 is 5.32 Å². The van der Waals surface area contributed by atoms with Gasteiger partial charge in [0.05, 0.1) is 17.5 Å². The van der Waals surface area contributed by atoms with E-state index in [1.54, 1.807) is 10.9 Å². The number of rotatable bonds is 6. The standard InChI is InChI=1S/C15H22N6O/c1-9(2)14-18-12(21(3)20-14)6-7-16-15(22)11-8-17-19-13(11)10-4-5-10/h8-10H,4-7H2,1-3H3,(H,16,22)(H,17,19). The zero-order valence-corrected chi connectivity index (χ0v) is 13.3. The van der Waals surface area contributed by atoms with Crippen molar-refractivity contribution < 1.29 is 4.79 Å².